The van der Waals surface area contributed by atoms with Crippen LogP contribution in [-0.4, -0.2) is 229 Å². The van der Waals surface area contributed by atoms with Gasteiger partial charge in [-0.05, 0) is 55.9 Å². The monoisotopic (exact) mass is 1200 g/mol. The number of ether oxygens (including phenoxy) is 11. The molecule has 2 aromatic rings. The van der Waals surface area contributed by atoms with Crippen molar-refractivity contribution in [3.05, 3.63) is 89.5 Å². The fourth-order valence-corrected chi connectivity index (χ4v) is 8.67. The van der Waals surface area contributed by atoms with E-state index >= 15 is 0 Å². The Balaban J connectivity index is 0.860. The van der Waals surface area contributed by atoms with E-state index in [1.165, 1.54) is 12.2 Å². The molecule has 24 heteroatoms. The first-order valence-corrected chi connectivity index (χ1v) is 29.9. The molecule has 0 saturated carbocycles. The number of amides is 7. The largest absolute Gasteiger partial charge is 0.446 e. The van der Waals surface area contributed by atoms with Gasteiger partial charge in [-0.2, -0.15) is 0 Å². The van der Waals surface area contributed by atoms with Gasteiger partial charge in [0, 0.05) is 81.8 Å². The average molecular weight is 1210 g/mol. The van der Waals surface area contributed by atoms with Crippen LogP contribution >= 0.6 is 0 Å². The van der Waals surface area contributed by atoms with Crippen molar-refractivity contribution in [3.63, 3.8) is 0 Å². The summed E-state index contributed by atoms with van der Waals surface area (Å²) in [6.07, 6.45) is 11.1. The first-order chi connectivity index (χ1) is 42.2. The lowest BCUT2D eigenvalue weighted by atomic mass is 10.0. The third kappa shape index (κ3) is 30.6. The molecule has 2 aromatic carbocycles. The number of carbonyl (C=O) groups is 7. The Kier molecular flexibility index (Phi) is 36.5. The Labute approximate surface area is 505 Å². The van der Waals surface area contributed by atoms with E-state index < -0.39 is 17.9 Å². The number of fused-ring (bicyclic) bond motifs is 2. The molecule has 0 radical (unpaired) electrons. The van der Waals surface area contributed by atoms with Gasteiger partial charge in [-0.25, -0.2) is 4.79 Å². The molecule has 0 fully saturated rings. The van der Waals surface area contributed by atoms with Gasteiger partial charge in [-0.1, -0.05) is 54.3 Å². The summed E-state index contributed by atoms with van der Waals surface area (Å²) < 4.78 is 61.8. The summed E-state index contributed by atoms with van der Waals surface area (Å²) in [5, 5.41) is 8.23. The van der Waals surface area contributed by atoms with Gasteiger partial charge in [0.15, 0.2) is 0 Å². The van der Waals surface area contributed by atoms with Gasteiger partial charge in [0.25, 0.3) is 11.8 Å². The van der Waals surface area contributed by atoms with Gasteiger partial charge in [0.05, 0.1) is 151 Å². The summed E-state index contributed by atoms with van der Waals surface area (Å²) in [7, 11) is 0. The second-order valence-corrected chi connectivity index (χ2v) is 19.7. The summed E-state index contributed by atoms with van der Waals surface area (Å²) in [6, 6.07) is 15.3. The molecule has 0 unspecified atom stereocenters. The van der Waals surface area contributed by atoms with Crippen LogP contribution in [0.1, 0.15) is 74.5 Å². The van der Waals surface area contributed by atoms with Crippen LogP contribution in [0.15, 0.2) is 72.8 Å². The fourth-order valence-electron chi connectivity index (χ4n) is 8.67. The molecule has 5 rings (SSSR count). The number of hydrogen-bond donors (Lipinski definition) is 3. The summed E-state index contributed by atoms with van der Waals surface area (Å²) in [4.78, 5) is 91.1. The Morgan fingerprint density at radius 1 is 0.500 bits per heavy atom. The second kappa shape index (κ2) is 44.8. The highest BCUT2D eigenvalue weighted by molar-refractivity contribution is 6.13. The summed E-state index contributed by atoms with van der Waals surface area (Å²) in [6.45, 7) is 8.20. The number of alkyl carbamates (subject to hydrolysis) is 1. The Morgan fingerprint density at radius 3 is 1.57 bits per heavy atom. The minimum Gasteiger partial charge on any atom is -0.446 e. The van der Waals surface area contributed by atoms with Crippen LogP contribution < -0.4 is 20.9 Å². The van der Waals surface area contributed by atoms with E-state index in [0.717, 1.165) is 59.4 Å². The predicted octanol–water partition coefficient (Wildman–Crippen LogP) is 3.26. The van der Waals surface area contributed by atoms with Gasteiger partial charge in [-0.3, -0.25) is 33.7 Å². The smallest absolute Gasteiger partial charge is 0.407 e. The van der Waals surface area contributed by atoms with Crippen LogP contribution in [0.2, 0.25) is 0 Å². The van der Waals surface area contributed by atoms with E-state index in [1.807, 2.05) is 48.5 Å². The number of hydrogen-bond acceptors (Lipinski definition) is 18. The van der Waals surface area contributed by atoms with Crippen LogP contribution in [-0.2, 0) is 87.4 Å². The fraction of sp³-hybridized carbons (Fsp3) is 0.597. The molecule has 3 N–H and O–H groups in total. The lowest BCUT2D eigenvalue weighted by Gasteiger charge is -2.26. The first-order valence-electron chi connectivity index (χ1n) is 29.9. The summed E-state index contributed by atoms with van der Waals surface area (Å²) in [5.74, 6) is 4.75. The van der Waals surface area contributed by atoms with Crippen molar-refractivity contribution in [2.75, 3.05) is 176 Å². The van der Waals surface area contributed by atoms with Crippen molar-refractivity contribution >= 4 is 47.2 Å². The molecule has 0 saturated heterocycles. The lowest BCUT2D eigenvalue weighted by molar-refractivity contribution is -0.137. The molecular weight excluding hydrogens is 1120 g/mol. The van der Waals surface area contributed by atoms with E-state index in [1.54, 1.807) is 9.80 Å². The highest BCUT2D eigenvalue weighted by Crippen LogP contribution is 2.26. The number of rotatable bonds is 46. The molecule has 2 heterocycles. The van der Waals surface area contributed by atoms with E-state index in [0.29, 0.717) is 125 Å². The average Bonchev–Trinajstić information content (AvgIpc) is 1.78. The molecule has 0 spiro atoms. The first kappa shape index (κ1) is 70.1. The Bertz CT molecular complexity index is 2450. The highest BCUT2D eigenvalue weighted by atomic mass is 16.6. The van der Waals surface area contributed by atoms with Crippen molar-refractivity contribution in [1.82, 2.24) is 25.8 Å². The topological polar surface area (TPSA) is 267 Å². The van der Waals surface area contributed by atoms with E-state index in [9.17, 15) is 33.6 Å². The normalized spacial score (nSPS) is 14.9. The number of imide groups is 1. The number of nitrogens with zero attached hydrogens (tertiary/aromatic N) is 3. The number of carbonyl (C=O) groups excluding carboxylic acids is 7. The van der Waals surface area contributed by atoms with Crippen molar-refractivity contribution in [2.45, 2.75) is 70.4 Å². The van der Waals surface area contributed by atoms with Gasteiger partial charge in [0.1, 0.15) is 6.10 Å². The van der Waals surface area contributed by atoms with Crippen molar-refractivity contribution < 1.29 is 85.7 Å². The van der Waals surface area contributed by atoms with Crippen molar-refractivity contribution in [2.24, 2.45) is 0 Å². The Morgan fingerprint density at radius 2 is 0.977 bits per heavy atom. The van der Waals surface area contributed by atoms with E-state index in [2.05, 4.69) is 39.9 Å². The van der Waals surface area contributed by atoms with Crippen LogP contribution in [0.5, 0.6) is 0 Å². The zero-order valence-electron chi connectivity index (χ0n) is 49.7. The third-order valence-electron chi connectivity index (χ3n) is 13.3. The molecule has 24 nitrogen and oxygen atoms in total. The maximum Gasteiger partial charge on any atom is 0.407 e. The molecule has 0 aromatic heterocycles. The molecule has 1 aliphatic carbocycles. The maximum atomic E-state index is 13.5. The number of benzene rings is 2. The molecule has 0 bridgehead atoms. The standard InChI is InChI=1S/C62H88N6O18/c69-56(18-19-61(74)68-50-53-12-7-6-10-51(53)16-17-52-11-8-9-15-55(52)68)63-24-31-77-37-43-83-46-40-80-34-28-66(29-35-81-41-47-84-45-39-79-33-26-65-62(75)86-54-13-4-2-1-3-5-14-54)58(71)23-30-76-36-42-82-48-49-85-44-38-78-32-25-64-57(70)22-27-67-59(72)20-21-60(67)73/h1-2,6-12,15,20-21,54H,3-5,13-14,18-19,22-50H2,(H,63,69)(H,64,70)(H,65,75)/b2-1-/t54-/m1/s1. The minimum absolute atomic E-state index is 0.0158. The molecule has 7 amide bonds. The second-order valence-electron chi connectivity index (χ2n) is 19.7. The zero-order valence-corrected chi connectivity index (χ0v) is 49.7. The number of nitrogens with one attached hydrogen (secondary N) is 3. The van der Waals surface area contributed by atoms with Gasteiger partial charge >= 0.3 is 6.09 Å². The van der Waals surface area contributed by atoms with Crippen molar-refractivity contribution in [3.8, 4) is 11.8 Å². The molecule has 474 valence electrons. The lowest BCUT2D eigenvalue weighted by Crippen LogP contribution is -2.37. The van der Waals surface area contributed by atoms with Crippen LogP contribution in [0.3, 0.4) is 0 Å². The minimum atomic E-state index is -0.425. The number of para-hydroxylation sites is 1. The van der Waals surface area contributed by atoms with Gasteiger partial charge < -0.3 is 77.9 Å². The maximum absolute atomic E-state index is 13.5. The van der Waals surface area contributed by atoms with Gasteiger partial charge in [-0.15, -0.1) is 0 Å². The SMILES string of the molecule is O=C(CCC(=O)N1Cc2ccccc2C#Cc2ccccc21)NCCOCCOCCOCCN(CCOCCOCCOCCNC(=O)O[C@@H]1CC/C=C\CCC1)C(=O)CCOCCOCCOCCOCCNC(=O)CCN1C(=O)C=CC1=O. The van der Waals surface area contributed by atoms with Crippen molar-refractivity contribution in [1.29, 1.82) is 0 Å². The molecule has 86 heavy (non-hydrogen) atoms. The Hall–Kier alpha value is -6.63. The highest BCUT2D eigenvalue weighted by Gasteiger charge is 2.24. The molecule has 2 aliphatic heterocycles. The van der Waals surface area contributed by atoms with Crippen LogP contribution in [0.4, 0.5) is 10.5 Å². The predicted molar refractivity (Wildman–Crippen MR) is 316 cm³/mol. The molecular formula is C62H88N6O18. The zero-order chi connectivity index (χ0) is 60.9. The van der Waals surface area contributed by atoms with Crippen LogP contribution in [0, 0.1) is 11.8 Å². The summed E-state index contributed by atoms with van der Waals surface area (Å²) in [5.41, 5.74) is 3.30. The number of allylic oxidation sites excluding steroid dienone is 2. The third-order valence-corrected chi connectivity index (χ3v) is 13.3. The van der Waals surface area contributed by atoms with E-state index in [-0.39, 0.29) is 108 Å². The van der Waals surface area contributed by atoms with Crippen LogP contribution in [0.25, 0.3) is 0 Å². The molecule has 3 aliphatic rings. The van der Waals surface area contributed by atoms with E-state index in [4.69, 9.17) is 52.1 Å². The molecule has 1 atom stereocenters. The number of anilines is 1. The summed E-state index contributed by atoms with van der Waals surface area (Å²) >= 11 is 0. The van der Waals surface area contributed by atoms with Gasteiger partial charge in [0.2, 0.25) is 23.6 Å². The quantitative estimate of drug-likeness (QED) is 0.0372.